The van der Waals surface area contributed by atoms with Gasteiger partial charge in [-0.2, -0.15) is 26.3 Å². The molecule has 12 aromatic rings. The predicted molar refractivity (Wildman–Crippen MR) is 284 cm³/mol. The molecule has 0 aliphatic carbocycles. The Kier molecular flexibility index (Phi) is 10.3. The molecule has 330 valence electrons. The Morgan fingerprint density at radius 1 is 0.306 bits per heavy atom. The Bertz CT molecular complexity index is 4250. The second-order valence-corrected chi connectivity index (χ2v) is 17.6. The molecular weight excluding hydrogens is 881 g/mol. The number of rotatable bonds is 7. The van der Waals surface area contributed by atoms with E-state index in [0.29, 0.717) is 33.5 Å². The quantitative estimate of drug-likeness (QED) is 0.156. The maximum Gasteiger partial charge on any atom is 0.0991 e. The van der Waals surface area contributed by atoms with Crippen LogP contribution in [0.4, 0.5) is 0 Å². The first-order chi connectivity index (χ1) is 35.4. The highest BCUT2D eigenvalue weighted by atomic mass is 15.0. The molecule has 0 radical (unpaired) electrons. The fourth-order valence-electron chi connectivity index (χ4n) is 10.1. The molecule has 0 fully saturated rings. The van der Waals surface area contributed by atoms with Gasteiger partial charge in [0.15, 0.2) is 0 Å². The van der Waals surface area contributed by atoms with E-state index in [9.17, 15) is 26.3 Å². The summed E-state index contributed by atoms with van der Waals surface area (Å²) >= 11 is 0. The van der Waals surface area contributed by atoms with E-state index >= 15 is 0 Å². The third-order valence-corrected chi connectivity index (χ3v) is 13.5. The molecule has 0 aliphatic heterocycles. The summed E-state index contributed by atoms with van der Waals surface area (Å²) in [5, 5.41) is 53.4. The van der Waals surface area contributed by atoms with Gasteiger partial charge in [0.05, 0.1) is 91.6 Å². The van der Waals surface area contributed by atoms with Crippen molar-refractivity contribution in [2.45, 2.75) is 0 Å². The fraction of sp³-hybridized carbons (Fsp3) is 0. The fourth-order valence-corrected chi connectivity index (χ4v) is 10.1. The molecule has 0 aliphatic rings. The minimum atomic E-state index is 0.485. The molecule has 72 heavy (non-hydrogen) atoms. The van der Waals surface area contributed by atoms with Crippen LogP contribution in [0.5, 0.6) is 0 Å². The van der Waals surface area contributed by atoms with E-state index in [4.69, 9.17) is 4.98 Å². The third-order valence-electron chi connectivity index (χ3n) is 13.5. The summed E-state index contributed by atoms with van der Waals surface area (Å²) in [6, 6.07) is 77.2. The minimum Gasteiger partial charge on any atom is -0.309 e. The molecule has 0 atom stereocenters. The molecular formula is C64H34N8. The van der Waals surface area contributed by atoms with Crippen molar-refractivity contribution >= 4 is 43.6 Å². The van der Waals surface area contributed by atoms with Crippen molar-refractivity contribution in [2.24, 2.45) is 0 Å². The van der Waals surface area contributed by atoms with E-state index < -0.39 is 0 Å². The number of nitriles is 5. The number of pyridine rings is 1. The smallest absolute Gasteiger partial charge is 0.0991 e. The molecule has 8 heteroatoms. The molecule has 8 nitrogen and oxygen atoms in total. The van der Waals surface area contributed by atoms with E-state index in [1.807, 2.05) is 103 Å². The lowest BCUT2D eigenvalue weighted by Crippen LogP contribution is -2.01. The molecule has 0 spiro atoms. The highest BCUT2D eigenvalue weighted by Gasteiger charge is 2.21. The molecule has 3 heterocycles. The van der Waals surface area contributed by atoms with Crippen molar-refractivity contribution in [3.05, 3.63) is 234 Å². The molecule has 0 saturated carbocycles. The summed E-state index contributed by atoms with van der Waals surface area (Å²) in [7, 11) is 0. The molecule has 0 N–H and O–H groups in total. The normalized spacial score (nSPS) is 11.0. The van der Waals surface area contributed by atoms with Crippen molar-refractivity contribution in [1.82, 2.24) is 14.1 Å². The van der Waals surface area contributed by atoms with Crippen molar-refractivity contribution in [1.29, 1.82) is 26.3 Å². The lowest BCUT2D eigenvalue weighted by Gasteiger charge is -2.16. The zero-order valence-corrected chi connectivity index (χ0v) is 38.2. The van der Waals surface area contributed by atoms with E-state index in [-0.39, 0.29) is 0 Å². The van der Waals surface area contributed by atoms with Crippen molar-refractivity contribution in [2.75, 3.05) is 0 Å². The summed E-state index contributed by atoms with van der Waals surface area (Å²) in [5.41, 5.74) is 17.3. The summed E-state index contributed by atoms with van der Waals surface area (Å²) in [5.74, 6) is 0. The maximum absolute atomic E-state index is 10.4. The third kappa shape index (κ3) is 7.25. The Morgan fingerprint density at radius 3 is 1.03 bits per heavy atom. The van der Waals surface area contributed by atoms with Crippen LogP contribution in [-0.2, 0) is 0 Å². The molecule has 12 rings (SSSR count). The Labute approximate surface area is 413 Å². The van der Waals surface area contributed by atoms with Gasteiger partial charge in [0.1, 0.15) is 0 Å². The van der Waals surface area contributed by atoms with Crippen LogP contribution < -0.4 is 0 Å². The standard InChI is InChI=1S/C64H34N8/c65-35-40-5-1-9-45(25-40)49-14-19-60-54(30-49)55-31-50(46-10-2-6-41(26-46)36-66)15-20-61(55)71(60)53-23-24-70-59(34-53)58-29-44(39-69)13-18-64(58)72-62-21-16-51(47-11-3-7-42(27-47)37-67)32-56(62)57-33-52(17-22-63(57)72)48-12-4-8-43(28-48)38-68/h1-34H. The number of hydrogen-bond donors (Lipinski definition) is 0. The van der Waals surface area contributed by atoms with Gasteiger partial charge in [-0.25, -0.2) is 0 Å². The first kappa shape index (κ1) is 42.5. The van der Waals surface area contributed by atoms with Gasteiger partial charge in [-0.05, 0) is 172 Å². The Morgan fingerprint density at radius 2 is 0.653 bits per heavy atom. The highest BCUT2D eigenvalue weighted by Crippen LogP contribution is 2.42. The zero-order chi connectivity index (χ0) is 48.9. The highest BCUT2D eigenvalue weighted by molar-refractivity contribution is 6.13. The van der Waals surface area contributed by atoms with Crippen molar-refractivity contribution < 1.29 is 0 Å². The van der Waals surface area contributed by atoms with Gasteiger partial charge in [0.25, 0.3) is 0 Å². The predicted octanol–water partition coefficient (Wildman–Crippen LogP) is 15.0. The van der Waals surface area contributed by atoms with Gasteiger partial charge in [0, 0.05) is 39.0 Å². The number of aromatic nitrogens is 3. The molecule has 9 aromatic carbocycles. The average molecular weight is 915 g/mol. The largest absolute Gasteiger partial charge is 0.309 e. The van der Waals surface area contributed by atoms with Crippen LogP contribution in [0.2, 0.25) is 0 Å². The summed E-state index contributed by atoms with van der Waals surface area (Å²) < 4.78 is 4.47. The van der Waals surface area contributed by atoms with Crippen LogP contribution in [0.1, 0.15) is 27.8 Å². The van der Waals surface area contributed by atoms with Crippen LogP contribution in [0.25, 0.3) is 111 Å². The van der Waals surface area contributed by atoms with Gasteiger partial charge in [-0.15, -0.1) is 0 Å². The number of fused-ring (bicyclic) bond motifs is 6. The van der Waals surface area contributed by atoms with Gasteiger partial charge >= 0.3 is 0 Å². The first-order valence-electron chi connectivity index (χ1n) is 23.1. The zero-order valence-electron chi connectivity index (χ0n) is 38.2. The maximum atomic E-state index is 10.4. The Hall–Kier alpha value is -10.8. The molecule has 0 bridgehead atoms. The van der Waals surface area contributed by atoms with Crippen LogP contribution in [0, 0.1) is 56.7 Å². The van der Waals surface area contributed by atoms with Crippen molar-refractivity contribution in [3.63, 3.8) is 0 Å². The van der Waals surface area contributed by atoms with Crippen LogP contribution >= 0.6 is 0 Å². The topological polar surface area (TPSA) is 142 Å². The van der Waals surface area contributed by atoms with E-state index in [0.717, 1.165) is 105 Å². The monoisotopic (exact) mass is 914 g/mol. The van der Waals surface area contributed by atoms with E-state index in [1.165, 1.54) is 0 Å². The lowest BCUT2D eigenvalue weighted by molar-refractivity contribution is 1.14. The lowest BCUT2D eigenvalue weighted by atomic mass is 9.99. The SMILES string of the molecule is N#Cc1cccc(-c2ccc3c(c2)c2cc(-c4cccc(C#N)c4)ccc2n3-c2ccnc(-c3cc(C#N)ccc3-n3c4ccc(-c5cccc(C#N)c5)cc4c4cc(-c5cccc(C#N)c5)ccc43)c2)c1. The molecule has 3 aromatic heterocycles. The molecule has 0 amide bonds. The van der Waals surface area contributed by atoms with E-state index in [1.54, 1.807) is 24.3 Å². The second kappa shape index (κ2) is 17.4. The Balaban J connectivity index is 1.07. The van der Waals surface area contributed by atoms with Crippen LogP contribution in [0.3, 0.4) is 0 Å². The number of benzene rings is 9. The van der Waals surface area contributed by atoms with Crippen LogP contribution in [-0.4, -0.2) is 14.1 Å². The summed E-state index contributed by atoms with van der Waals surface area (Å²) in [6.45, 7) is 0. The number of hydrogen-bond acceptors (Lipinski definition) is 6. The van der Waals surface area contributed by atoms with Gasteiger partial charge in [-0.1, -0.05) is 72.8 Å². The van der Waals surface area contributed by atoms with Gasteiger partial charge < -0.3 is 9.13 Å². The second-order valence-electron chi connectivity index (χ2n) is 17.6. The average Bonchev–Trinajstić information content (AvgIpc) is 3.96. The van der Waals surface area contributed by atoms with Gasteiger partial charge in [0.2, 0.25) is 0 Å². The molecule has 0 unspecified atom stereocenters. The van der Waals surface area contributed by atoms with Gasteiger partial charge in [-0.3, -0.25) is 4.98 Å². The van der Waals surface area contributed by atoms with Crippen molar-refractivity contribution in [3.8, 4) is 97.5 Å². The van der Waals surface area contributed by atoms with E-state index in [2.05, 4.69) is 118 Å². The minimum absolute atomic E-state index is 0.485. The summed E-state index contributed by atoms with van der Waals surface area (Å²) in [6.07, 6.45) is 1.81. The summed E-state index contributed by atoms with van der Waals surface area (Å²) in [4.78, 5) is 5.02. The first-order valence-corrected chi connectivity index (χ1v) is 23.1. The van der Waals surface area contributed by atoms with Crippen LogP contribution in [0.15, 0.2) is 206 Å². The number of nitrogens with zero attached hydrogens (tertiary/aromatic N) is 8. The molecule has 0 saturated heterocycles.